The molecule has 1 saturated heterocycles. The quantitative estimate of drug-likeness (QED) is 0.862. The third-order valence-corrected chi connectivity index (χ3v) is 3.49. The van der Waals surface area contributed by atoms with Gasteiger partial charge in [0.25, 0.3) is 5.91 Å². The van der Waals surface area contributed by atoms with Crippen LogP contribution in [0, 0.1) is 5.92 Å². The van der Waals surface area contributed by atoms with Crippen LogP contribution in [0.15, 0.2) is 18.2 Å². The van der Waals surface area contributed by atoms with Gasteiger partial charge in [0.1, 0.15) is 5.75 Å². The standard InChI is InChI=1S/C13H16ClNO3/c14-10-3-4-12(17)11(6-10)13(18)15-5-1-2-9(7-15)8-16/h3-4,6,9,16-17H,1-2,5,7-8H2. The lowest BCUT2D eigenvalue weighted by Gasteiger charge is -2.32. The minimum Gasteiger partial charge on any atom is -0.507 e. The van der Waals surface area contributed by atoms with E-state index in [1.165, 1.54) is 12.1 Å². The van der Waals surface area contributed by atoms with E-state index < -0.39 is 0 Å². The fraction of sp³-hybridized carbons (Fsp3) is 0.462. The second kappa shape index (κ2) is 5.59. The number of carbonyl (C=O) groups is 1. The minimum absolute atomic E-state index is 0.0597. The Morgan fingerprint density at radius 1 is 1.50 bits per heavy atom. The second-order valence-electron chi connectivity index (χ2n) is 4.60. The number of aromatic hydroxyl groups is 1. The molecule has 0 bridgehead atoms. The largest absolute Gasteiger partial charge is 0.507 e. The molecule has 1 aromatic rings. The van der Waals surface area contributed by atoms with Crippen LogP contribution in [0.2, 0.25) is 5.02 Å². The highest BCUT2D eigenvalue weighted by molar-refractivity contribution is 6.31. The summed E-state index contributed by atoms with van der Waals surface area (Å²) < 4.78 is 0. The van der Waals surface area contributed by atoms with Crippen molar-refractivity contribution in [1.29, 1.82) is 0 Å². The predicted molar refractivity (Wildman–Crippen MR) is 68.8 cm³/mol. The SMILES string of the molecule is O=C(c1cc(Cl)ccc1O)N1CCCC(CO)C1. The molecule has 1 fully saturated rings. The fourth-order valence-electron chi connectivity index (χ4n) is 2.25. The van der Waals surface area contributed by atoms with Crippen LogP contribution < -0.4 is 0 Å². The first-order valence-corrected chi connectivity index (χ1v) is 6.38. The predicted octanol–water partition coefficient (Wildman–Crippen LogP) is 1.89. The van der Waals surface area contributed by atoms with Crippen molar-refractivity contribution in [2.45, 2.75) is 12.8 Å². The average molecular weight is 270 g/mol. The summed E-state index contributed by atoms with van der Waals surface area (Å²) in [5.41, 5.74) is 0.223. The van der Waals surface area contributed by atoms with Gasteiger partial charge in [-0.25, -0.2) is 0 Å². The molecule has 1 heterocycles. The van der Waals surface area contributed by atoms with Gasteiger partial charge in [0.2, 0.25) is 0 Å². The third-order valence-electron chi connectivity index (χ3n) is 3.25. The average Bonchev–Trinajstić information content (AvgIpc) is 2.41. The van der Waals surface area contributed by atoms with Gasteiger partial charge in [0.15, 0.2) is 0 Å². The zero-order valence-corrected chi connectivity index (χ0v) is 10.7. The molecule has 2 N–H and O–H groups in total. The molecule has 1 aliphatic heterocycles. The number of hydrogen-bond acceptors (Lipinski definition) is 3. The molecule has 1 aliphatic rings. The van der Waals surface area contributed by atoms with Gasteiger partial charge in [-0.2, -0.15) is 0 Å². The molecule has 18 heavy (non-hydrogen) atoms. The van der Waals surface area contributed by atoms with Gasteiger partial charge >= 0.3 is 0 Å². The number of aliphatic hydroxyl groups is 1. The molecule has 2 rings (SSSR count). The van der Waals surface area contributed by atoms with Crippen molar-refractivity contribution in [3.63, 3.8) is 0 Å². The maximum absolute atomic E-state index is 12.3. The van der Waals surface area contributed by atoms with Crippen molar-refractivity contribution >= 4 is 17.5 Å². The van der Waals surface area contributed by atoms with Crippen molar-refractivity contribution in [3.8, 4) is 5.75 Å². The van der Waals surface area contributed by atoms with Crippen LogP contribution in [-0.2, 0) is 0 Å². The number of benzene rings is 1. The lowest BCUT2D eigenvalue weighted by Crippen LogP contribution is -2.40. The fourth-order valence-corrected chi connectivity index (χ4v) is 2.42. The van der Waals surface area contributed by atoms with E-state index in [1.54, 1.807) is 11.0 Å². The summed E-state index contributed by atoms with van der Waals surface area (Å²) in [6, 6.07) is 4.44. The summed E-state index contributed by atoms with van der Waals surface area (Å²) >= 11 is 5.83. The van der Waals surface area contributed by atoms with Crippen molar-refractivity contribution in [1.82, 2.24) is 4.90 Å². The summed E-state index contributed by atoms with van der Waals surface area (Å²) in [6.45, 7) is 1.27. The molecule has 98 valence electrons. The molecule has 0 spiro atoms. The van der Waals surface area contributed by atoms with E-state index in [-0.39, 0.29) is 29.7 Å². The highest BCUT2D eigenvalue weighted by Gasteiger charge is 2.25. The number of piperidine rings is 1. The van der Waals surface area contributed by atoms with E-state index >= 15 is 0 Å². The number of halogens is 1. The Morgan fingerprint density at radius 3 is 3.00 bits per heavy atom. The molecule has 1 amide bonds. The van der Waals surface area contributed by atoms with Gasteiger partial charge in [-0.05, 0) is 37.0 Å². The smallest absolute Gasteiger partial charge is 0.257 e. The van der Waals surface area contributed by atoms with Gasteiger partial charge < -0.3 is 15.1 Å². The van der Waals surface area contributed by atoms with Gasteiger partial charge in [-0.3, -0.25) is 4.79 Å². The van der Waals surface area contributed by atoms with Crippen LogP contribution >= 0.6 is 11.6 Å². The highest BCUT2D eigenvalue weighted by Crippen LogP contribution is 2.25. The summed E-state index contributed by atoms with van der Waals surface area (Å²) in [5.74, 6) is -0.160. The van der Waals surface area contributed by atoms with E-state index in [4.69, 9.17) is 16.7 Å². The van der Waals surface area contributed by atoms with E-state index in [2.05, 4.69) is 0 Å². The third kappa shape index (κ3) is 2.76. The molecule has 5 heteroatoms. The van der Waals surface area contributed by atoms with Crippen LogP contribution in [0.5, 0.6) is 5.75 Å². The molecule has 1 atom stereocenters. The Morgan fingerprint density at radius 2 is 2.28 bits per heavy atom. The van der Waals surface area contributed by atoms with Crippen LogP contribution in [-0.4, -0.2) is 40.7 Å². The van der Waals surface area contributed by atoms with Gasteiger partial charge in [-0.15, -0.1) is 0 Å². The lowest BCUT2D eigenvalue weighted by atomic mass is 9.98. The summed E-state index contributed by atoms with van der Waals surface area (Å²) in [6.07, 6.45) is 1.81. The first kappa shape index (κ1) is 13.2. The van der Waals surface area contributed by atoms with E-state index in [1.807, 2.05) is 0 Å². The Kier molecular flexibility index (Phi) is 4.09. The Hall–Kier alpha value is -1.26. The first-order valence-electron chi connectivity index (χ1n) is 6.00. The molecular weight excluding hydrogens is 254 g/mol. The summed E-state index contributed by atoms with van der Waals surface area (Å²) in [4.78, 5) is 13.9. The second-order valence-corrected chi connectivity index (χ2v) is 5.04. The van der Waals surface area contributed by atoms with Gasteiger partial charge in [-0.1, -0.05) is 11.6 Å². The van der Waals surface area contributed by atoms with Crippen LogP contribution in [0.4, 0.5) is 0 Å². The van der Waals surface area contributed by atoms with Crippen molar-refractivity contribution in [2.24, 2.45) is 5.92 Å². The normalized spacial score (nSPS) is 19.9. The zero-order valence-electron chi connectivity index (χ0n) is 9.97. The van der Waals surface area contributed by atoms with E-state index in [0.29, 0.717) is 18.1 Å². The van der Waals surface area contributed by atoms with E-state index in [0.717, 1.165) is 12.8 Å². The Balaban J connectivity index is 2.17. The number of rotatable bonds is 2. The van der Waals surface area contributed by atoms with E-state index in [9.17, 15) is 9.90 Å². The number of likely N-dealkylation sites (tertiary alicyclic amines) is 1. The van der Waals surface area contributed by atoms with Crippen LogP contribution in [0.1, 0.15) is 23.2 Å². The number of phenols is 1. The number of phenolic OH excluding ortho intramolecular Hbond substituents is 1. The first-order chi connectivity index (χ1) is 8.61. The molecule has 1 aromatic carbocycles. The molecule has 0 saturated carbocycles. The highest BCUT2D eigenvalue weighted by atomic mass is 35.5. The van der Waals surface area contributed by atoms with Crippen molar-refractivity contribution in [2.75, 3.05) is 19.7 Å². The topological polar surface area (TPSA) is 60.8 Å². The molecule has 0 aromatic heterocycles. The molecule has 4 nitrogen and oxygen atoms in total. The molecular formula is C13H16ClNO3. The van der Waals surface area contributed by atoms with Crippen LogP contribution in [0.3, 0.4) is 0 Å². The Bertz CT molecular complexity index is 450. The lowest BCUT2D eigenvalue weighted by molar-refractivity contribution is 0.0618. The number of carbonyl (C=O) groups excluding carboxylic acids is 1. The van der Waals surface area contributed by atoms with Gasteiger partial charge in [0, 0.05) is 24.7 Å². The number of aliphatic hydroxyl groups excluding tert-OH is 1. The number of nitrogens with zero attached hydrogens (tertiary/aromatic N) is 1. The monoisotopic (exact) mass is 269 g/mol. The van der Waals surface area contributed by atoms with Gasteiger partial charge in [0.05, 0.1) is 5.56 Å². The summed E-state index contributed by atoms with van der Waals surface area (Å²) in [5, 5.41) is 19.3. The molecule has 1 unspecified atom stereocenters. The van der Waals surface area contributed by atoms with Crippen molar-refractivity contribution in [3.05, 3.63) is 28.8 Å². The van der Waals surface area contributed by atoms with Crippen molar-refractivity contribution < 1.29 is 15.0 Å². The molecule has 0 radical (unpaired) electrons. The number of hydrogen-bond donors (Lipinski definition) is 2. The Labute approximate surface area is 111 Å². The van der Waals surface area contributed by atoms with Crippen LogP contribution in [0.25, 0.3) is 0 Å². The maximum Gasteiger partial charge on any atom is 0.257 e. The maximum atomic E-state index is 12.3. The number of amides is 1. The zero-order chi connectivity index (χ0) is 13.1. The molecule has 0 aliphatic carbocycles. The minimum atomic E-state index is -0.229. The summed E-state index contributed by atoms with van der Waals surface area (Å²) in [7, 11) is 0.